The SMILES string of the molecule is N#Cc1ccnc(OC2CN(S(=O)(=O)Cc3ccc(Cl)cc3)C2)c1. The van der Waals surface area contributed by atoms with Gasteiger partial charge in [0, 0.05) is 17.3 Å². The largest absolute Gasteiger partial charge is 0.471 e. The molecule has 0 bridgehead atoms. The fourth-order valence-electron chi connectivity index (χ4n) is 2.30. The third kappa shape index (κ3) is 3.85. The molecule has 1 saturated heterocycles. The van der Waals surface area contributed by atoms with Gasteiger partial charge in [-0.3, -0.25) is 0 Å². The number of hydrogen-bond acceptors (Lipinski definition) is 5. The van der Waals surface area contributed by atoms with E-state index in [0.29, 0.717) is 22.0 Å². The van der Waals surface area contributed by atoms with Gasteiger partial charge in [0.1, 0.15) is 6.10 Å². The number of aromatic nitrogens is 1. The molecular formula is C16H14ClN3O3S. The topological polar surface area (TPSA) is 83.3 Å². The van der Waals surface area contributed by atoms with Crippen molar-refractivity contribution in [2.24, 2.45) is 0 Å². The van der Waals surface area contributed by atoms with E-state index in [4.69, 9.17) is 21.6 Å². The highest BCUT2D eigenvalue weighted by Crippen LogP contribution is 2.22. The third-order valence-electron chi connectivity index (χ3n) is 3.62. The van der Waals surface area contributed by atoms with E-state index in [-0.39, 0.29) is 24.9 Å². The minimum absolute atomic E-state index is 0.0704. The zero-order valence-electron chi connectivity index (χ0n) is 12.6. The van der Waals surface area contributed by atoms with E-state index >= 15 is 0 Å². The van der Waals surface area contributed by atoms with Crippen LogP contribution in [0.3, 0.4) is 0 Å². The second kappa shape index (κ2) is 6.77. The minimum atomic E-state index is -3.39. The van der Waals surface area contributed by atoms with Gasteiger partial charge in [-0.15, -0.1) is 0 Å². The average Bonchev–Trinajstić information content (AvgIpc) is 2.52. The van der Waals surface area contributed by atoms with E-state index in [0.717, 1.165) is 0 Å². The van der Waals surface area contributed by atoms with E-state index in [1.165, 1.54) is 16.6 Å². The molecule has 1 aliphatic heterocycles. The van der Waals surface area contributed by atoms with Crippen molar-refractivity contribution in [2.75, 3.05) is 13.1 Å². The molecule has 2 aromatic rings. The molecule has 1 aliphatic rings. The van der Waals surface area contributed by atoms with Crippen LogP contribution in [-0.2, 0) is 15.8 Å². The van der Waals surface area contributed by atoms with Crippen LogP contribution in [0.2, 0.25) is 5.02 Å². The minimum Gasteiger partial charge on any atom is -0.471 e. The van der Waals surface area contributed by atoms with Crippen molar-refractivity contribution in [1.82, 2.24) is 9.29 Å². The predicted octanol–water partition coefficient (Wildman–Crippen LogP) is 2.20. The smallest absolute Gasteiger partial charge is 0.218 e. The van der Waals surface area contributed by atoms with Crippen molar-refractivity contribution >= 4 is 21.6 Å². The van der Waals surface area contributed by atoms with Gasteiger partial charge < -0.3 is 4.74 Å². The van der Waals surface area contributed by atoms with E-state index in [2.05, 4.69) is 4.98 Å². The number of hydrogen-bond donors (Lipinski definition) is 0. The molecule has 0 spiro atoms. The van der Waals surface area contributed by atoms with Crippen LogP contribution in [0.15, 0.2) is 42.6 Å². The summed E-state index contributed by atoms with van der Waals surface area (Å²) in [5, 5.41) is 9.41. The first-order valence-electron chi connectivity index (χ1n) is 7.21. The molecule has 0 amide bonds. The first kappa shape index (κ1) is 16.7. The fourth-order valence-corrected chi connectivity index (χ4v) is 4.01. The van der Waals surface area contributed by atoms with Gasteiger partial charge >= 0.3 is 0 Å². The van der Waals surface area contributed by atoms with Crippen molar-refractivity contribution < 1.29 is 13.2 Å². The van der Waals surface area contributed by atoms with Gasteiger partial charge in [0.2, 0.25) is 15.9 Å². The average molecular weight is 364 g/mol. The van der Waals surface area contributed by atoms with Gasteiger partial charge in [-0.1, -0.05) is 23.7 Å². The Morgan fingerprint density at radius 3 is 2.67 bits per heavy atom. The van der Waals surface area contributed by atoms with Gasteiger partial charge in [-0.25, -0.2) is 13.4 Å². The second-order valence-corrected chi connectivity index (χ2v) is 7.84. The predicted molar refractivity (Wildman–Crippen MR) is 89.0 cm³/mol. The maximum absolute atomic E-state index is 12.3. The van der Waals surface area contributed by atoms with Crippen LogP contribution in [0, 0.1) is 11.3 Å². The lowest BCUT2D eigenvalue weighted by atomic mass is 10.2. The molecule has 0 radical (unpaired) electrons. The summed E-state index contributed by atoms with van der Waals surface area (Å²) in [5.74, 6) is 0.257. The van der Waals surface area contributed by atoms with Crippen LogP contribution in [-0.4, -0.2) is 36.9 Å². The van der Waals surface area contributed by atoms with Gasteiger partial charge in [-0.05, 0) is 23.8 Å². The Bertz CT molecular complexity index is 872. The Morgan fingerprint density at radius 1 is 1.29 bits per heavy atom. The number of nitrogens with zero attached hydrogens (tertiary/aromatic N) is 3. The summed E-state index contributed by atoms with van der Waals surface area (Å²) < 4.78 is 31.7. The third-order valence-corrected chi connectivity index (χ3v) is 5.66. The molecule has 0 N–H and O–H groups in total. The Balaban J connectivity index is 1.57. The molecule has 1 aromatic heterocycles. The highest BCUT2D eigenvalue weighted by atomic mass is 35.5. The molecule has 0 saturated carbocycles. The lowest BCUT2D eigenvalue weighted by Crippen LogP contribution is -2.56. The normalized spacial score (nSPS) is 15.5. The zero-order chi connectivity index (χ0) is 17.2. The molecule has 2 heterocycles. The summed E-state index contributed by atoms with van der Waals surface area (Å²) in [6.45, 7) is 0.544. The van der Waals surface area contributed by atoms with Gasteiger partial charge in [0.15, 0.2) is 0 Å². The molecule has 24 heavy (non-hydrogen) atoms. The molecule has 1 aromatic carbocycles. The molecule has 6 nitrogen and oxygen atoms in total. The first-order valence-corrected chi connectivity index (χ1v) is 9.20. The Labute approximate surface area is 145 Å². The number of sulfonamides is 1. The summed E-state index contributed by atoms with van der Waals surface area (Å²) in [6.07, 6.45) is 1.23. The molecule has 3 rings (SSSR count). The van der Waals surface area contributed by atoms with Crippen molar-refractivity contribution in [3.8, 4) is 11.9 Å². The monoisotopic (exact) mass is 363 g/mol. The summed E-state index contributed by atoms with van der Waals surface area (Å²) in [4.78, 5) is 4.02. The number of nitriles is 1. The van der Waals surface area contributed by atoms with Crippen LogP contribution in [0.4, 0.5) is 0 Å². The molecule has 124 valence electrons. The number of pyridine rings is 1. The first-order chi connectivity index (χ1) is 11.5. The lowest BCUT2D eigenvalue weighted by molar-refractivity contribution is 0.0719. The fraction of sp³-hybridized carbons (Fsp3) is 0.250. The van der Waals surface area contributed by atoms with E-state index < -0.39 is 10.0 Å². The maximum Gasteiger partial charge on any atom is 0.218 e. The van der Waals surface area contributed by atoms with Crippen LogP contribution in [0.5, 0.6) is 5.88 Å². The Morgan fingerprint density at radius 2 is 2.00 bits per heavy atom. The number of halogens is 1. The van der Waals surface area contributed by atoms with Crippen molar-refractivity contribution in [1.29, 1.82) is 5.26 Å². The molecule has 8 heteroatoms. The van der Waals surface area contributed by atoms with Crippen LogP contribution in [0.25, 0.3) is 0 Å². The summed E-state index contributed by atoms with van der Waals surface area (Å²) in [5.41, 5.74) is 1.14. The van der Waals surface area contributed by atoms with Crippen molar-refractivity contribution in [3.05, 3.63) is 58.7 Å². The molecule has 0 atom stereocenters. The molecule has 0 aliphatic carbocycles. The quantitative estimate of drug-likeness (QED) is 0.813. The van der Waals surface area contributed by atoms with Gasteiger partial charge in [0.05, 0.1) is 30.5 Å². The second-order valence-electron chi connectivity index (χ2n) is 5.43. The highest BCUT2D eigenvalue weighted by molar-refractivity contribution is 7.88. The van der Waals surface area contributed by atoms with E-state index in [1.807, 2.05) is 6.07 Å². The summed E-state index contributed by atoms with van der Waals surface area (Å²) in [6, 6.07) is 11.9. The van der Waals surface area contributed by atoms with Crippen LogP contribution < -0.4 is 4.74 Å². The lowest BCUT2D eigenvalue weighted by Gasteiger charge is -2.37. The van der Waals surface area contributed by atoms with Gasteiger partial charge in [-0.2, -0.15) is 9.57 Å². The number of ether oxygens (including phenoxy) is 1. The standard InChI is InChI=1S/C16H14ClN3O3S/c17-14-3-1-12(2-4-14)11-24(21,22)20-9-15(10-20)23-16-7-13(8-18)5-6-19-16/h1-7,15H,9-11H2. The number of benzene rings is 1. The summed E-state index contributed by atoms with van der Waals surface area (Å²) in [7, 11) is -3.39. The summed E-state index contributed by atoms with van der Waals surface area (Å²) >= 11 is 5.80. The number of rotatable bonds is 5. The van der Waals surface area contributed by atoms with Crippen molar-refractivity contribution in [3.63, 3.8) is 0 Å². The maximum atomic E-state index is 12.3. The Hall–Kier alpha value is -2.14. The molecule has 0 unspecified atom stereocenters. The van der Waals surface area contributed by atoms with Crippen LogP contribution in [0.1, 0.15) is 11.1 Å². The van der Waals surface area contributed by atoms with E-state index in [1.54, 1.807) is 30.3 Å². The zero-order valence-corrected chi connectivity index (χ0v) is 14.2. The Kier molecular flexibility index (Phi) is 4.71. The molecule has 1 fully saturated rings. The molecular weight excluding hydrogens is 350 g/mol. The van der Waals surface area contributed by atoms with Gasteiger partial charge in [0.25, 0.3) is 0 Å². The van der Waals surface area contributed by atoms with Crippen LogP contribution >= 0.6 is 11.6 Å². The van der Waals surface area contributed by atoms with Crippen molar-refractivity contribution in [2.45, 2.75) is 11.9 Å². The highest BCUT2D eigenvalue weighted by Gasteiger charge is 2.37. The van der Waals surface area contributed by atoms with E-state index in [9.17, 15) is 8.42 Å².